The molecule has 0 aliphatic heterocycles. The molecule has 6 heteroatoms. The van der Waals surface area contributed by atoms with Crippen molar-refractivity contribution in [3.63, 3.8) is 0 Å². The molecule has 0 radical (unpaired) electrons. The van der Waals surface area contributed by atoms with Crippen molar-refractivity contribution in [2.24, 2.45) is 0 Å². The molecule has 5 nitrogen and oxygen atoms in total. The van der Waals surface area contributed by atoms with Crippen LogP contribution in [-0.2, 0) is 20.7 Å². The molecule has 0 aliphatic rings. The Morgan fingerprint density at radius 2 is 1.39 bits per heavy atom. The van der Waals surface area contributed by atoms with Crippen molar-refractivity contribution in [3.05, 3.63) is 94.5 Å². The highest BCUT2D eigenvalue weighted by atomic mass is 31.2. The second-order valence-corrected chi connectivity index (χ2v) is 10.1. The summed E-state index contributed by atoms with van der Waals surface area (Å²) in [6.07, 6.45) is 0. The van der Waals surface area contributed by atoms with Crippen molar-refractivity contribution in [1.29, 1.82) is 0 Å². The lowest BCUT2D eigenvalue weighted by atomic mass is 9.94. The Bertz CT molecular complexity index is 1110. The zero-order chi connectivity index (χ0) is 22.6. The Balaban J connectivity index is 2.17. The van der Waals surface area contributed by atoms with Gasteiger partial charge in [0.15, 0.2) is 0 Å². The van der Waals surface area contributed by atoms with Crippen LogP contribution in [0, 0.1) is 20.8 Å². The second kappa shape index (κ2) is 9.42. The van der Waals surface area contributed by atoms with Gasteiger partial charge in [-0.15, -0.1) is 0 Å². The van der Waals surface area contributed by atoms with Gasteiger partial charge in [0.05, 0.1) is 19.2 Å². The van der Waals surface area contributed by atoms with Crippen LogP contribution in [0.25, 0.3) is 0 Å². The highest BCUT2D eigenvalue weighted by Gasteiger charge is 2.38. The molecule has 160 valence electrons. The van der Waals surface area contributed by atoms with E-state index in [0.717, 1.165) is 11.1 Å². The first kappa shape index (κ1) is 22.7. The van der Waals surface area contributed by atoms with Crippen molar-refractivity contribution in [2.45, 2.75) is 27.4 Å². The number of carboxylic acid groups (broad SMARTS) is 1. The van der Waals surface area contributed by atoms with Crippen LogP contribution >= 0.6 is 7.14 Å². The summed E-state index contributed by atoms with van der Waals surface area (Å²) in [5, 5.41) is 11.7. The third-order valence-electron chi connectivity index (χ3n) is 5.34. The zero-order valence-electron chi connectivity index (χ0n) is 17.8. The van der Waals surface area contributed by atoms with E-state index in [2.05, 4.69) is 0 Å². The fourth-order valence-electron chi connectivity index (χ4n) is 3.83. The summed E-state index contributed by atoms with van der Waals surface area (Å²) in [4.78, 5) is 24.7. The summed E-state index contributed by atoms with van der Waals surface area (Å²) in [5.41, 5.74) is 2.89. The van der Waals surface area contributed by atoms with Gasteiger partial charge in [0.25, 0.3) is 0 Å². The number of benzene rings is 3. The van der Waals surface area contributed by atoms with Gasteiger partial charge in [-0.1, -0.05) is 66.7 Å². The van der Waals surface area contributed by atoms with Gasteiger partial charge >= 0.3 is 0 Å². The molecule has 0 saturated carbocycles. The first-order valence-electron chi connectivity index (χ1n) is 9.90. The molecule has 0 N–H and O–H groups in total. The molecule has 0 unspecified atom stereocenters. The SMILES string of the molecule is Cc1cc(C)c(C(=O)P(=O)(c2ccccc2)c2ccccc2)c(C)c1COCC(=O)[O-]. The maximum absolute atomic E-state index is 14.5. The van der Waals surface area contributed by atoms with Gasteiger partial charge in [-0.3, -0.25) is 4.79 Å². The smallest absolute Gasteiger partial charge is 0.230 e. The van der Waals surface area contributed by atoms with Gasteiger partial charge in [0, 0.05) is 16.2 Å². The van der Waals surface area contributed by atoms with Crippen LogP contribution in [0.15, 0.2) is 66.7 Å². The monoisotopic (exact) mass is 435 g/mol. The third-order valence-corrected chi connectivity index (χ3v) is 8.18. The average Bonchev–Trinajstić information content (AvgIpc) is 2.76. The van der Waals surface area contributed by atoms with Gasteiger partial charge in [0.2, 0.25) is 12.7 Å². The average molecular weight is 435 g/mol. The topological polar surface area (TPSA) is 83.5 Å². The molecule has 0 aromatic heterocycles. The number of hydrogen-bond acceptors (Lipinski definition) is 5. The van der Waals surface area contributed by atoms with E-state index < -0.39 is 25.2 Å². The van der Waals surface area contributed by atoms with Crippen LogP contribution < -0.4 is 15.7 Å². The fourth-order valence-corrected chi connectivity index (χ4v) is 6.44. The van der Waals surface area contributed by atoms with Gasteiger partial charge < -0.3 is 19.2 Å². The minimum atomic E-state index is -3.65. The predicted molar refractivity (Wildman–Crippen MR) is 119 cm³/mol. The highest BCUT2D eigenvalue weighted by Crippen LogP contribution is 2.48. The largest absolute Gasteiger partial charge is 0.548 e. The zero-order valence-corrected chi connectivity index (χ0v) is 18.6. The molecule has 0 atom stereocenters. The molecule has 31 heavy (non-hydrogen) atoms. The Labute approximate surface area is 182 Å². The van der Waals surface area contributed by atoms with Gasteiger partial charge in [-0.05, 0) is 43.0 Å². The van der Waals surface area contributed by atoms with Gasteiger partial charge in [0.1, 0.15) is 0 Å². The number of carboxylic acids is 1. The molecule has 3 rings (SSSR count). The molecule has 0 amide bonds. The fraction of sp³-hybridized carbons (Fsp3) is 0.200. The molecule has 0 heterocycles. The van der Waals surface area contributed by atoms with Crippen molar-refractivity contribution >= 4 is 29.2 Å². The van der Waals surface area contributed by atoms with Crippen LogP contribution in [0.1, 0.15) is 32.6 Å². The first-order valence-corrected chi connectivity index (χ1v) is 11.6. The summed E-state index contributed by atoms with van der Waals surface area (Å²) >= 11 is 0. The number of ether oxygens (including phenoxy) is 1. The van der Waals surface area contributed by atoms with E-state index in [1.165, 1.54) is 0 Å². The molecule has 3 aromatic rings. The summed E-state index contributed by atoms with van der Waals surface area (Å²) in [6, 6.07) is 19.4. The molecule has 0 saturated heterocycles. The second-order valence-electron chi connectivity index (χ2n) is 7.44. The highest BCUT2D eigenvalue weighted by molar-refractivity contribution is 7.93. The van der Waals surface area contributed by atoms with E-state index >= 15 is 0 Å². The van der Waals surface area contributed by atoms with Crippen LogP contribution in [0.4, 0.5) is 0 Å². The quantitative estimate of drug-likeness (QED) is 0.508. The van der Waals surface area contributed by atoms with Crippen molar-refractivity contribution in [3.8, 4) is 0 Å². The Hall–Kier alpha value is -3.01. The molecule has 0 fully saturated rings. The molecule has 0 aliphatic carbocycles. The number of aliphatic carboxylic acids is 1. The minimum Gasteiger partial charge on any atom is -0.548 e. The lowest BCUT2D eigenvalue weighted by molar-refractivity contribution is -0.309. The maximum atomic E-state index is 14.5. The van der Waals surface area contributed by atoms with Crippen LogP contribution in [0.5, 0.6) is 0 Å². The Morgan fingerprint density at radius 3 is 1.87 bits per heavy atom. The number of carbonyl (C=O) groups is 2. The van der Waals surface area contributed by atoms with Crippen molar-refractivity contribution in [1.82, 2.24) is 0 Å². The molecular formula is C25H24O5P-. The van der Waals surface area contributed by atoms with Gasteiger partial charge in [-0.25, -0.2) is 0 Å². The van der Waals surface area contributed by atoms with Gasteiger partial charge in [-0.2, -0.15) is 0 Å². The summed E-state index contributed by atoms with van der Waals surface area (Å²) < 4.78 is 19.7. The van der Waals surface area contributed by atoms with Crippen LogP contribution in [0.2, 0.25) is 0 Å². The number of aryl methyl sites for hydroxylation is 2. The molecular weight excluding hydrogens is 411 g/mol. The van der Waals surface area contributed by atoms with Crippen LogP contribution in [0.3, 0.4) is 0 Å². The van der Waals surface area contributed by atoms with Crippen molar-refractivity contribution < 1.29 is 24.0 Å². The Kier molecular flexibility index (Phi) is 6.89. The minimum absolute atomic E-state index is 0.0210. The summed E-state index contributed by atoms with van der Waals surface area (Å²) in [6.45, 7) is 4.96. The van der Waals surface area contributed by atoms with E-state index in [4.69, 9.17) is 4.74 Å². The molecule has 0 bridgehead atoms. The normalized spacial score (nSPS) is 11.3. The maximum Gasteiger partial charge on any atom is 0.230 e. The molecule has 0 spiro atoms. The van der Waals surface area contributed by atoms with E-state index in [1.54, 1.807) is 55.5 Å². The van der Waals surface area contributed by atoms with Crippen LogP contribution in [-0.4, -0.2) is 18.1 Å². The van der Waals surface area contributed by atoms with E-state index in [1.807, 2.05) is 32.0 Å². The van der Waals surface area contributed by atoms with E-state index in [9.17, 15) is 19.3 Å². The number of hydrogen-bond donors (Lipinski definition) is 0. The number of carbonyl (C=O) groups excluding carboxylic acids is 2. The lowest BCUT2D eigenvalue weighted by Crippen LogP contribution is -2.27. The third kappa shape index (κ3) is 4.53. The summed E-state index contributed by atoms with van der Waals surface area (Å²) in [7, 11) is -3.65. The summed E-state index contributed by atoms with van der Waals surface area (Å²) in [5.74, 6) is -1.31. The van der Waals surface area contributed by atoms with E-state index in [0.29, 0.717) is 27.3 Å². The number of rotatable bonds is 8. The molecule has 3 aromatic carbocycles. The lowest BCUT2D eigenvalue weighted by Gasteiger charge is -2.22. The van der Waals surface area contributed by atoms with Crippen molar-refractivity contribution in [2.75, 3.05) is 6.61 Å². The predicted octanol–water partition coefficient (Wildman–Crippen LogP) is 3.03. The standard InChI is InChI=1S/C25H25O5P/c1-17-14-18(2)24(19(3)22(17)15-30-16-23(26)27)25(28)31(29,20-10-6-4-7-11-20)21-12-8-5-9-13-21/h4-14H,15-16H2,1-3H3,(H,26,27)/p-1. The van der Waals surface area contributed by atoms with E-state index in [-0.39, 0.29) is 6.61 Å². The Morgan fingerprint density at radius 1 is 0.871 bits per heavy atom. The first-order chi connectivity index (χ1) is 14.8.